The topological polar surface area (TPSA) is 37.7 Å². The van der Waals surface area contributed by atoms with Crippen LogP contribution >= 0.6 is 0 Å². The second-order valence-electron chi connectivity index (χ2n) is 7.84. The smallest absolute Gasteiger partial charge is 0.178 e. The lowest BCUT2D eigenvalue weighted by atomic mass is 10.1. The summed E-state index contributed by atoms with van der Waals surface area (Å²) in [6.45, 7) is 15.2. The molecule has 1 saturated heterocycles. The molecule has 152 valence electrons. The number of carbonyl (C=O) groups is 1. The molecule has 3 rings (SSSR count). The molecule has 28 heavy (non-hydrogen) atoms. The summed E-state index contributed by atoms with van der Waals surface area (Å²) >= 11 is 0. The third-order valence-electron chi connectivity index (χ3n) is 5.55. The third kappa shape index (κ3) is 4.25. The van der Waals surface area contributed by atoms with Crippen molar-refractivity contribution in [3.8, 4) is 5.75 Å². The van der Waals surface area contributed by atoms with Crippen molar-refractivity contribution >= 4 is 11.5 Å². The number of benzene rings is 1. The number of aryl methyl sites for hydroxylation is 1. The van der Waals surface area contributed by atoms with Crippen LogP contribution in [0.2, 0.25) is 0 Å². The van der Waals surface area contributed by atoms with Gasteiger partial charge in [0.05, 0.1) is 18.8 Å². The van der Waals surface area contributed by atoms with E-state index in [1.54, 1.807) is 0 Å². The molecule has 0 radical (unpaired) electrons. The van der Waals surface area contributed by atoms with E-state index in [1.807, 2.05) is 25.1 Å². The average Bonchev–Trinajstić information content (AvgIpc) is 2.97. The van der Waals surface area contributed by atoms with Crippen LogP contribution in [0.4, 0.5) is 5.69 Å². The maximum atomic E-state index is 12.9. The minimum Gasteiger partial charge on any atom is -0.492 e. The maximum absolute atomic E-state index is 12.9. The Labute approximate surface area is 168 Å². The molecule has 0 aliphatic carbocycles. The summed E-state index contributed by atoms with van der Waals surface area (Å²) in [6.07, 6.45) is 0. The summed E-state index contributed by atoms with van der Waals surface area (Å²) in [5.41, 5.74) is 4.26. The summed E-state index contributed by atoms with van der Waals surface area (Å²) in [7, 11) is 0. The molecule has 1 fully saturated rings. The minimum absolute atomic E-state index is 0.225. The SMILES string of the molecule is CCOc1ccccc1N1CCN(CC(=O)c2cc(C)n(C(C)C)c2C)CC1. The molecule has 0 spiro atoms. The molecule has 1 aromatic carbocycles. The van der Waals surface area contributed by atoms with Crippen molar-refractivity contribution in [2.24, 2.45) is 0 Å². The first kappa shape index (κ1) is 20.5. The van der Waals surface area contributed by atoms with Crippen LogP contribution in [0.15, 0.2) is 30.3 Å². The van der Waals surface area contributed by atoms with Crippen LogP contribution in [0.25, 0.3) is 0 Å². The zero-order chi connectivity index (χ0) is 20.3. The van der Waals surface area contributed by atoms with Crippen molar-refractivity contribution in [1.82, 2.24) is 9.47 Å². The Balaban J connectivity index is 1.62. The molecule has 0 unspecified atom stereocenters. The van der Waals surface area contributed by atoms with Gasteiger partial charge in [0.15, 0.2) is 5.78 Å². The number of aromatic nitrogens is 1. The largest absolute Gasteiger partial charge is 0.492 e. The van der Waals surface area contributed by atoms with E-state index in [0.29, 0.717) is 19.2 Å². The zero-order valence-electron chi connectivity index (χ0n) is 17.9. The maximum Gasteiger partial charge on any atom is 0.178 e. The zero-order valence-corrected chi connectivity index (χ0v) is 17.9. The highest BCUT2D eigenvalue weighted by Gasteiger charge is 2.23. The van der Waals surface area contributed by atoms with Crippen LogP contribution in [0.1, 0.15) is 48.6 Å². The Bertz CT molecular complexity index is 817. The molecule has 0 amide bonds. The number of carbonyl (C=O) groups excluding carboxylic acids is 1. The van der Waals surface area contributed by atoms with E-state index in [-0.39, 0.29) is 5.78 Å². The van der Waals surface area contributed by atoms with E-state index >= 15 is 0 Å². The Kier molecular flexibility index (Phi) is 6.45. The van der Waals surface area contributed by atoms with Crippen molar-refractivity contribution in [2.75, 3.05) is 44.2 Å². The van der Waals surface area contributed by atoms with Crippen molar-refractivity contribution in [3.63, 3.8) is 0 Å². The monoisotopic (exact) mass is 383 g/mol. The van der Waals surface area contributed by atoms with E-state index in [4.69, 9.17) is 4.74 Å². The predicted octanol–water partition coefficient (Wildman–Crippen LogP) is 4.09. The van der Waals surface area contributed by atoms with Gasteiger partial charge in [-0.05, 0) is 52.8 Å². The summed E-state index contributed by atoms with van der Waals surface area (Å²) in [6, 6.07) is 10.6. The quantitative estimate of drug-likeness (QED) is 0.675. The standard InChI is InChI=1S/C23H33N3O2/c1-6-28-23-10-8-7-9-21(23)25-13-11-24(12-14-25)16-22(27)20-15-18(4)26(17(2)3)19(20)5/h7-10,15,17H,6,11-14,16H2,1-5H3. The van der Waals surface area contributed by atoms with Crippen molar-refractivity contribution in [2.45, 2.75) is 40.7 Å². The number of Topliss-reactive ketones (excluding diaryl/α,β-unsaturated/α-hetero) is 1. The molecular formula is C23H33N3O2. The summed E-state index contributed by atoms with van der Waals surface area (Å²) in [4.78, 5) is 17.5. The fourth-order valence-electron chi connectivity index (χ4n) is 4.29. The fourth-order valence-corrected chi connectivity index (χ4v) is 4.29. The number of anilines is 1. The lowest BCUT2D eigenvalue weighted by Crippen LogP contribution is -2.48. The average molecular weight is 384 g/mol. The van der Waals surface area contributed by atoms with Crippen LogP contribution in [-0.4, -0.2) is 54.6 Å². The van der Waals surface area contributed by atoms with Gasteiger partial charge in [0.25, 0.3) is 0 Å². The molecule has 0 bridgehead atoms. The number of ether oxygens (including phenoxy) is 1. The summed E-state index contributed by atoms with van der Waals surface area (Å²) < 4.78 is 8.02. The second kappa shape index (κ2) is 8.82. The number of ketones is 1. The normalized spacial score (nSPS) is 15.3. The first-order valence-corrected chi connectivity index (χ1v) is 10.3. The van der Waals surface area contributed by atoms with Gasteiger partial charge in [-0.25, -0.2) is 0 Å². The summed E-state index contributed by atoms with van der Waals surface area (Å²) in [5.74, 6) is 1.17. The molecule has 1 aliphatic heterocycles. The molecule has 5 heteroatoms. The van der Waals surface area contributed by atoms with Crippen LogP contribution in [-0.2, 0) is 0 Å². The highest BCUT2D eigenvalue weighted by Crippen LogP contribution is 2.29. The molecule has 1 aliphatic rings. The van der Waals surface area contributed by atoms with Gasteiger partial charge in [-0.15, -0.1) is 0 Å². The Morgan fingerprint density at radius 1 is 1.11 bits per heavy atom. The molecule has 2 aromatic rings. The number of piperazine rings is 1. The van der Waals surface area contributed by atoms with Gasteiger partial charge in [0.2, 0.25) is 0 Å². The van der Waals surface area contributed by atoms with E-state index in [1.165, 1.54) is 0 Å². The Hall–Kier alpha value is -2.27. The van der Waals surface area contributed by atoms with E-state index in [0.717, 1.165) is 54.6 Å². The van der Waals surface area contributed by atoms with Crippen molar-refractivity contribution in [3.05, 3.63) is 47.3 Å². The molecule has 5 nitrogen and oxygen atoms in total. The predicted molar refractivity (Wildman–Crippen MR) is 115 cm³/mol. The van der Waals surface area contributed by atoms with Gasteiger partial charge in [-0.2, -0.15) is 0 Å². The minimum atomic E-state index is 0.225. The number of nitrogens with zero attached hydrogens (tertiary/aromatic N) is 3. The number of hydrogen-bond acceptors (Lipinski definition) is 4. The van der Waals surface area contributed by atoms with Gasteiger partial charge < -0.3 is 14.2 Å². The van der Waals surface area contributed by atoms with Crippen LogP contribution < -0.4 is 9.64 Å². The number of rotatable bonds is 7. The highest BCUT2D eigenvalue weighted by atomic mass is 16.5. The lowest BCUT2D eigenvalue weighted by Gasteiger charge is -2.36. The van der Waals surface area contributed by atoms with Crippen LogP contribution in [0, 0.1) is 13.8 Å². The van der Waals surface area contributed by atoms with Gasteiger partial charge in [-0.1, -0.05) is 12.1 Å². The Morgan fingerprint density at radius 2 is 1.79 bits per heavy atom. The molecule has 0 atom stereocenters. The molecule has 0 N–H and O–H groups in total. The fraction of sp³-hybridized carbons (Fsp3) is 0.522. The first-order chi connectivity index (χ1) is 13.4. The number of hydrogen-bond donors (Lipinski definition) is 0. The highest BCUT2D eigenvalue weighted by molar-refractivity contribution is 5.99. The van der Waals surface area contributed by atoms with Gasteiger partial charge >= 0.3 is 0 Å². The second-order valence-corrected chi connectivity index (χ2v) is 7.84. The van der Waals surface area contributed by atoms with Gasteiger partial charge in [-0.3, -0.25) is 9.69 Å². The van der Waals surface area contributed by atoms with Crippen molar-refractivity contribution in [1.29, 1.82) is 0 Å². The summed E-state index contributed by atoms with van der Waals surface area (Å²) in [5, 5.41) is 0. The van der Waals surface area contributed by atoms with Crippen LogP contribution in [0.3, 0.4) is 0 Å². The van der Waals surface area contributed by atoms with Gasteiger partial charge in [0.1, 0.15) is 5.75 Å². The molecule has 2 heterocycles. The van der Waals surface area contributed by atoms with Crippen LogP contribution in [0.5, 0.6) is 5.75 Å². The van der Waals surface area contributed by atoms with E-state index < -0.39 is 0 Å². The van der Waals surface area contributed by atoms with Crippen molar-refractivity contribution < 1.29 is 9.53 Å². The van der Waals surface area contributed by atoms with E-state index in [2.05, 4.69) is 54.2 Å². The van der Waals surface area contributed by atoms with E-state index in [9.17, 15) is 4.79 Å². The molecule has 0 saturated carbocycles. The molecule has 1 aromatic heterocycles. The Morgan fingerprint density at radius 3 is 2.39 bits per heavy atom. The lowest BCUT2D eigenvalue weighted by molar-refractivity contribution is 0.0925. The first-order valence-electron chi connectivity index (χ1n) is 10.3. The molecular weight excluding hydrogens is 350 g/mol. The third-order valence-corrected chi connectivity index (χ3v) is 5.55. The number of para-hydroxylation sites is 2. The van der Waals surface area contributed by atoms with Gasteiger partial charge in [0, 0.05) is 49.2 Å².